The molecule has 1 aromatic heterocycles. The molecule has 1 spiro atoms. The molecule has 0 N–H and O–H groups in total. The predicted octanol–water partition coefficient (Wildman–Crippen LogP) is 17.0. The van der Waals surface area contributed by atoms with Crippen LogP contribution >= 0.6 is 0 Å². The van der Waals surface area contributed by atoms with Crippen molar-refractivity contribution in [2.24, 2.45) is 0 Å². The lowest BCUT2D eigenvalue weighted by atomic mass is 9.64. The quantitative estimate of drug-likeness (QED) is 0.160. The van der Waals surface area contributed by atoms with Gasteiger partial charge in [0, 0.05) is 38.8 Å². The van der Waals surface area contributed by atoms with Gasteiger partial charge < -0.3 is 9.47 Å². The monoisotopic (exact) mass is 899 g/mol. The fraction of sp³-hybridized carbons (Fsp3) is 0.0303. The standard InChI is InChI=1S/C66H44N2O2/c1-43-35-40-53-63(70-65-64(67-41-42-68-65)66(53)51-31-17-19-33-54(51)69-55-34-20-18-32-52(55)66)56(43)49-36-38-50(39-37-49)62-60(47-27-13-5-14-28-47)58(45-23-9-3-10-24-45)57(44-21-7-2-8-22-44)59(46-25-11-4-12-26-46)61(62)48-29-15-6-16-30-48/h2-42H,1H3/i1D3. The molecule has 70 heavy (non-hydrogen) atoms. The highest BCUT2D eigenvalue weighted by Gasteiger charge is 2.53. The second kappa shape index (κ2) is 16.9. The maximum absolute atomic E-state index is 9.05. The largest absolute Gasteiger partial charge is 0.457 e. The van der Waals surface area contributed by atoms with Crippen LogP contribution in [-0.4, -0.2) is 9.97 Å². The molecule has 0 saturated heterocycles. The second-order valence-corrected chi connectivity index (χ2v) is 17.7. The first-order valence-electron chi connectivity index (χ1n) is 25.1. The Balaban J connectivity index is 1.13. The Morgan fingerprint density at radius 2 is 0.686 bits per heavy atom. The van der Waals surface area contributed by atoms with Gasteiger partial charge in [-0.15, -0.1) is 0 Å². The summed E-state index contributed by atoms with van der Waals surface area (Å²) in [6, 6.07) is 81.4. The lowest BCUT2D eigenvalue weighted by molar-refractivity contribution is 0.384. The van der Waals surface area contributed by atoms with Crippen LogP contribution in [0.2, 0.25) is 0 Å². The summed E-state index contributed by atoms with van der Waals surface area (Å²) in [5.41, 5.74) is 16.2. The number of benzene rings is 10. The number of hydrogen-bond acceptors (Lipinski definition) is 4. The molecule has 0 aliphatic carbocycles. The molecule has 0 bridgehead atoms. The van der Waals surface area contributed by atoms with E-state index in [1.807, 2.05) is 54.6 Å². The van der Waals surface area contributed by atoms with Crippen molar-refractivity contribution in [3.05, 3.63) is 277 Å². The smallest absolute Gasteiger partial charge is 0.242 e. The minimum absolute atomic E-state index is 0.162. The highest BCUT2D eigenvalue weighted by atomic mass is 16.5. The number of aryl methyl sites for hydroxylation is 1. The average molecular weight is 900 g/mol. The molecule has 330 valence electrons. The molecule has 2 aliphatic rings. The molecule has 0 saturated carbocycles. The van der Waals surface area contributed by atoms with Gasteiger partial charge in [0.2, 0.25) is 5.88 Å². The first-order chi connectivity index (χ1) is 35.9. The predicted molar refractivity (Wildman–Crippen MR) is 283 cm³/mol. The maximum atomic E-state index is 9.05. The van der Waals surface area contributed by atoms with Gasteiger partial charge >= 0.3 is 0 Å². The third-order valence-corrected chi connectivity index (χ3v) is 13.9. The molecule has 3 heterocycles. The second-order valence-electron chi connectivity index (χ2n) is 17.7. The number of para-hydroxylation sites is 2. The summed E-state index contributed by atoms with van der Waals surface area (Å²) < 4.78 is 40.7. The summed E-state index contributed by atoms with van der Waals surface area (Å²) in [4.78, 5) is 9.81. The van der Waals surface area contributed by atoms with Crippen molar-refractivity contribution in [2.45, 2.75) is 12.3 Å². The first kappa shape index (κ1) is 37.9. The van der Waals surface area contributed by atoms with Crippen molar-refractivity contribution in [3.8, 4) is 101 Å². The molecule has 0 amide bonds. The van der Waals surface area contributed by atoms with Gasteiger partial charge in [-0.1, -0.05) is 224 Å². The van der Waals surface area contributed by atoms with Gasteiger partial charge in [0.05, 0.1) is 0 Å². The Kier molecular flexibility index (Phi) is 9.15. The summed E-state index contributed by atoms with van der Waals surface area (Å²) in [5, 5.41) is 0. The fourth-order valence-corrected chi connectivity index (χ4v) is 11.0. The molecule has 4 nitrogen and oxygen atoms in total. The molecule has 0 atom stereocenters. The Labute approximate surface area is 412 Å². The van der Waals surface area contributed by atoms with Gasteiger partial charge in [-0.3, -0.25) is 4.98 Å². The van der Waals surface area contributed by atoms with Crippen LogP contribution in [0.3, 0.4) is 0 Å². The summed E-state index contributed by atoms with van der Waals surface area (Å²) in [7, 11) is 0. The molecule has 4 heteroatoms. The van der Waals surface area contributed by atoms with E-state index >= 15 is 0 Å². The first-order valence-corrected chi connectivity index (χ1v) is 23.6. The van der Waals surface area contributed by atoms with E-state index in [2.05, 4.69) is 176 Å². The lowest BCUT2D eigenvalue weighted by Gasteiger charge is -2.43. The molecule has 0 fully saturated rings. The highest BCUT2D eigenvalue weighted by Crippen LogP contribution is 2.62. The molecule has 11 aromatic rings. The van der Waals surface area contributed by atoms with Crippen LogP contribution in [0.25, 0.3) is 77.9 Å². The third-order valence-electron chi connectivity index (χ3n) is 13.9. The summed E-state index contributed by atoms with van der Waals surface area (Å²) in [5.74, 6) is 2.04. The number of ether oxygens (including phenoxy) is 2. The number of hydrogen-bond donors (Lipinski definition) is 0. The zero-order valence-electron chi connectivity index (χ0n) is 40.9. The Hall–Kier alpha value is -9.12. The molecular formula is C66H44N2O2. The highest BCUT2D eigenvalue weighted by molar-refractivity contribution is 6.15. The van der Waals surface area contributed by atoms with E-state index in [-0.39, 0.29) is 5.56 Å². The van der Waals surface area contributed by atoms with Gasteiger partial charge in [0.25, 0.3) is 0 Å². The van der Waals surface area contributed by atoms with Crippen LogP contribution in [0.15, 0.2) is 249 Å². The maximum Gasteiger partial charge on any atom is 0.242 e. The van der Waals surface area contributed by atoms with Crippen molar-refractivity contribution >= 4 is 0 Å². The molecule has 0 unspecified atom stereocenters. The topological polar surface area (TPSA) is 44.2 Å². The van der Waals surface area contributed by atoms with Gasteiger partial charge in [0.1, 0.15) is 28.4 Å². The number of aromatic nitrogens is 2. The number of rotatable bonds is 7. The SMILES string of the molecule is [2H]C([2H])([2H])c1ccc2c(c1-c1ccc(-c3c(-c4ccccc4)c(-c4ccccc4)c(-c4ccccc4)c(-c4ccccc4)c3-c3ccccc3)cc1)Oc1nccnc1C21c2ccccc2Oc2ccccc21. The Bertz CT molecular complexity index is 3700. The van der Waals surface area contributed by atoms with E-state index in [0.29, 0.717) is 39.9 Å². The van der Waals surface area contributed by atoms with Gasteiger partial charge in [0.15, 0.2) is 0 Å². The van der Waals surface area contributed by atoms with Crippen LogP contribution in [0, 0.1) is 6.85 Å². The van der Waals surface area contributed by atoms with Crippen molar-refractivity contribution in [1.29, 1.82) is 0 Å². The molecule has 13 rings (SSSR count). The van der Waals surface area contributed by atoms with Crippen LogP contribution in [0.4, 0.5) is 0 Å². The minimum atomic E-state index is -2.52. The van der Waals surface area contributed by atoms with E-state index in [0.717, 1.165) is 83.5 Å². The lowest BCUT2D eigenvalue weighted by Crippen LogP contribution is -2.38. The van der Waals surface area contributed by atoms with E-state index in [1.165, 1.54) is 0 Å². The van der Waals surface area contributed by atoms with Gasteiger partial charge in [-0.2, -0.15) is 0 Å². The molecule has 10 aromatic carbocycles. The molecule has 2 aliphatic heterocycles. The van der Waals surface area contributed by atoms with Crippen molar-refractivity contribution in [3.63, 3.8) is 0 Å². The number of fused-ring (bicyclic) bond motifs is 8. The zero-order valence-corrected chi connectivity index (χ0v) is 37.9. The molecule has 0 radical (unpaired) electrons. The Morgan fingerprint density at radius 3 is 1.10 bits per heavy atom. The van der Waals surface area contributed by atoms with Crippen LogP contribution in [0.5, 0.6) is 23.1 Å². The van der Waals surface area contributed by atoms with Crippen molar-refractivity contribution in [1.82, 2.24) is 9.97 Å². The summed E-state index contributed by atoms with van der Waals surface area (Å²) in [6.45, 7) is -2.52. The van der Waals surface area contributed by atoms with E-state index in [4.69, 9.17) is 23.6 Å². The van der Waals surface area contributed by atoms with Crippen molar-refractivity contribution in [2.75, 3.05) is 0 Å². The zero-order chi connectivity index (χ0) is 49.1. The number of nitrogens with zero attached hydrogens (tertiary/aromatic N) is 2. The summed E-state index contributed by atoms with van der Waals surface area (Å²) >= 11 is 0. The fourth-order valence-electron chi connectivity index (χ4n) is 11.0. The van der Waals surface area contributed by atoms with E-state index in [9.17, 15) is 0 Å². The van der Waals surface area contributed by atoms with E-state index in [1.54, 1.807) is 18.5 Å². The van der Waals surface area contributed by atoms with Crippen LogP contribution < -0.4 is 9.47 Å². The van der Waals surface area contributed by atoms with Crippen molar-refractivity contribution < 1.29 is 13.6 Å². The minimum Gasteiger partial charge on any atom is -0.457 e. The van der Waals surface area contributed by atoms with Gasteiger partial charge in [-0.05, 0) is 96.9 Å². The average Bonchev–Trinajstić information content (AvgIpc) is 3.45. The van der Waals surface area contributed by atoms with Gasteiger partial charge in [-0.25, -0.2) is 4.98 Å². The van der Waals surface area contributed by atoms with Crippen LogP contribution in [0.1, 0.15) is 32.1 Å². The third kappa shape index (κ3) is 6.45. The summed E-state index contributed by atoms with van der Waals surface area (Å²) in [6.07, 6.45) is 3.29. The Morgan fingerprint density at radius 1 is 0.329 bits per heavy atom. The molecular weight excluding hydrogens is 853 g/mol. The van der Waals surface area contributed by atoms with Crippen LogP contribution in [-0.2, 0) is 5.41 Å². The van der Waals surface area contributed by atoms with E-state index < -0.39 is 12.3 Å². The normalized spacial score (nSPS) is 13.5.